The zero-order valence-electron chi connectivity index (χ0n) is 11.5. The lowest BCUT2D eigenvalue weighted by molar-refractivity contribution is -0.138. The fourth-order valence-electron chi connectivity index (χ4n) is 1.87. The lowest BCUT2D eigenvalue weighted by Crippen LogP contribution is -2.32. The topological polar surface area (TPSA) is 49.8 Å². The zero-order valence-corrected chi connectivity index (χ0v) is 11.5. The lowest BCUT2D eigenvalue weighted by atomic mass is 10.1. The number of likely N-dealkylation sites (N-methyl/N-ethyl adjacent to an activating group) is 1. The van der Waals surface area contributed by atoms with Crippen molar-refractivity contribution in [3.05, 3.63) is 29.6 Å². The molecule has 1 aromatic rings. The Hall–Kier alpha value is -1.62. The SMILES string of the molecule is COc1ccc(F)cc1CCN(C)C(C)CC(=O)O. The Morgan fingerprint density at radius 3 is 2.79 bits per heavy atom. The Balaban J connectivity index is 2.61. The molecule has 1 N–H and O–H groups in total. The summed E-state index contributed by atoms with van der Waals surface area (Å²) in [5.41, 5.74) is 0.789. The molecule has 4 nitrogen and oxygen atoms in total. The third-order valence-corrected chi connectivity index (χ3v) is 3.20. The van der Waals surface area contributed by atoms with E-state index in [1.54, 1.807) is 13.2 Å². The molecule has 0 amide bonds. The standard InChI is InChI=1S/C14H20FNO3/c1-10(8-14(17)18)16(2)7-6-11-9-12(15)4-5-13(11)19-3/h4-5,9-10H,6-8H2,1-3H3,(H,17,18). The average molecular weight is 269 g/mol. The van der Waals surface area contributed by atoms with Crippen LogP contribution >= 0.6 is 0 Å². The predicted molar refractivity (Wildman–Crippen MR) is 71.0 cm³/mol. The summed E-state index contributed by atoms with van der Waals surface area (Å²) < 4.78 is 18.4. The third kappa shape index (κ3) is 4.87. The van der Waals surface area contributed by atoms with Crippen LogP contribution in [0.15, 0.2) is 18.2 Å². The minimum absolute atomic E-state index is 0.0583. The summed E-state index contributed by atoms with van der Waals surface area (Å²) in [6.45, 7) is 2.51. The van der Waals surface area contributed by atoms with Crippen LogP contribution in [0, 0.1) is 5.82 Å². The molecule has 0 radical (unpaired) electrons. The summed E-state index contributed by atoms with van der Waals surface area (Å²) in [7, 11) is 3.41. The van der Waals surface area contributed by atoms with Crippen molar-refractivity contribution in [1.82, 2.24) is 4.90 Å². The van der Waals surface area contributed by atoms with Gasteiger partial charge in [-0.3, -0.25) is 4.79 Å². The second-order valence-electron chi connectivity index (χ2n) is 4.63. The maximum absolute atomic E-state index is 13.2. The molecule has 0 aliphatic carbocycles. The number of nitrogens with zero attached hydrogens (tertiary/aromatic N) is 1. The monoisotopic (exact) mass is 269 g/mol. The van der Waals surface area contributed by atoms with E-state index in [-0.39, 0.29) is 18.3 Å². The van der Waals surface area contributed by atoms with Crippen molar-refractivity contribution >= 4 is 5.97 Å². The highest BCUT2D eigenvalue weighted by atomic mass is 19.1. The Morgan fingerprint density at radius 2 is 2.21 bits per heavy atom. The van der Waals surface area contributed by atoms with Crippen LogP contribution in [0.5, 0.6) is 5.75 Å². The van der Waals surface area contributed by atoms with Crippen molar-refractivity contribution in [2.24, 2.45) is 0 Å². The van der Waals surface area contributed by atoms with Gasteiger partial charge >= 0.3 is 5.97 Å². The van der Waals surface area contributed by atoms with Crippen LogP contribution in [0.25, 0.3) is 0 Å². The quantitative estimate of drug-likeness (QED) is 0.824. The number of benzene rings is 1. The number of carboxylic acid groups (broad SMARTS) is 1. The first-order chi connectivity index (χ1) is 8.93. The summed E-state index contributed by atoms with van der Waals surface area (Å²) in [4.78, 5) is 12.6. The molecule has 0 aromatic heterocycles. The third-order valence-electron chi connectivity index (χ3n) is 3.20. The van der Waals surface area contributed by atoms with E-state index in [0.29, 0.717) is 18.7 Å². The lowest BCUT2D eigenvalue weighted by Gasteiger charge is -2.23. The Bertz CT molecular complexity index is 437. The Kier molecular flexibility index (Phi) is 5.76. The van der Waals surface area contributed by atoms with Gasteiger partial charge in [-0.25, -0.2) is 4.39 Å². The fraction of sp³-hybridized carbons (Fsp3) is 0.500. The maximum Gasteiger partial charge on any atom is 0.304 e. The van der Waals surface area contributed by atoms with Crippen LogP contribution in [0.1, 0.15) is 18.9 Å². The van der Waals surface area contributed by atoms with Crippen molar-refractivity contribution in [2.45, 2.75) is 25.8 Å². The molecule has 1 atom stereocenters. The van der Waals surface area contributed by atoms with E-state index in [1.165, 1.54) is 12.1 Å². The second kappa shape index (κ2) is 7.09. The number of aliphatic carboxylic acids is 1. The maximum atomic E-state index is 13.2. The van der Waals surface area contributed by atoms with Gasteiger partial charge in [0.25, 0.3) is 0 Å². The molecular weight excluding hydrogens is 249 g/mol. The number of ether oxygens (including phenoxy) is 1. The molecule has 0 aliphatic heterocycles. The highest BCUT2D eigenvalue weighted by Gasteiger charge is 2.14. The molecule has 0 fully saturated rings. The molecule has 0 heterocycles. The minimum atomic E-state index is -0.817. The Morgan fingerprint density at radius 1 is 1.53 bits per heavy atom. The first-order valence-corrected chi connectivity index (χ1v) is 6.18. The number of hydrogen-bond acceptors (Lipinski definition) is 3. The van der Waals surface area contributed by atoms with E-state index in [9.17, 15) is 9.18 Å². The van der Waals surface area contributed by atoms with E-state index < -0.39 is 5.97 Å². The summed E-state index contributed by atoms with van der Waals surface area (Å²) in [6.07, 6.45) is 0.707. The van der Waals surface area contributed by atoms with Crippen LogP contribution in [0.3, 0.4) is 0 Å². The number of carbonyl (C=O) groups is 1. The summed E-state index contributed by atoms with van der Waals surface area (Å²) in [6, 6.07) is 4.36. The van der Waals surface area contributed by atoms with Crippen LogP contribution in [0.4, 0.5) is 4.39 Å². The van der Waals surface area contributed by atoms with E-state index >= 15 is 0 Å². The first kappa shape index (κ1) is 15.4. The smallest absolute Gasteiger partial charge is 0.304 e. The van der Waals surface area contributed by atoms with Crippen LogP contribution in [-0.4, -0.2) is 42.7 Å². The Labute approximate surface area is 112 Å². The molecule has 19 heavy (non-hydrogen) atoms. The van der Waals surface area contributed by atoms with Gasteiger partial charge in [-0.05, 0) is 44.2 Å². The second-order valence-corrected chi connectivity index (χ2v) is 4.63. The number of carboxylic acids is 1. The van der Waals surface area contributed by atoms with E-state index in [4.69, 9.17) is 9.84 Å². The van der Waals surface area contributed by atoms with E-state index in [0.717, 1.165) is 5.56 Å². The molecule has 5 heteroatoms. The average Bonchev–Trinajstić information content (AvgIpc) is 2.35. The fourth-order valence-corrected chi connectivity index (χ4v) is 1.87. The molecule has 0 saturated heterocycles. The van der Waals surface area contributed by atoms with Gasteiger partial charge in [0.1, 0.15) is 11.6 Å². The van der Waals surface area contributed by atoms with Crippen LogP contribution in [0.2, 0.25) is 0 Å². The highest BCUT2D eigenvalue weighted by Crippen LogP contribution is 2.20. The normalized spacial score (nSPS) is 12.5. The summed E-state index contributed by atoms with van der Waals surface area (Å²) in [5.74, 6) is -0.458. The molecule has 0 spiro atoms. The van der Waals surface area contributed by atoms with Gasteiger partial charge in [-0.1, -0.05) is 0 Å². The van der Waals surface area contributed by atoms with Crippen LogP contribution < -0.4 is 4.74 Å². The van der Waals surface area contributed by atoms with Gasteiger partial charge in [0.05, 0.1) is 13.5 Å². The van der Waals surface area contributed by atoms with Crippen molar-refractivity contribution in [3.8, 4) is 5.75 Å². The summed E-state index contributed by atoms with van der Waals surface area (Å²) in [5, 5.41) is 8.74. The zero-order chi connectivity index (χ0) is 14.4. The highest BCUT2D eigenvalue weighted by molar-refractivity contribution is 5.67. The molecular formula is C14H20FNO3. The van der Waals surface area contributed by atoms with Gasteiger partial charge in [0.2, 0.25) is 0 Å². The van der Waals surface area contributed by atoms with Gasteiger partial charge in [-0.2, -0.15) is 0 Å². The van der Waals surface area contributed by atoms with Gasteiger partial charge in [0.15, 0.2) is 0 Å². The van der Waals surface area contributed by atoms with Crippen molar-refractivity contribution in [2.75, 3.05) is 20.7 Å². The molecule has 0 bridgehead atoms. The molecule has 0 saturated carbocycles. The van der Waals surface area contributed by atoms with Crippen molar-refractivity contribution in [1.29, 1.82) is 0 Å². The van der Waals surface area contributed by atoms with Gasteiger partial charge in [0, 0.05) is 12.6 Å². The molecule has 1 aromatic carbocycles. The summed E-state index contributed by atoms with van der Waals surface area (Å²) >= 11 is 0. The van der Waals surface area contributed by atoms with E-state index in [1.807, 2.05) is 18.9 Å². The molecule has 106 valence electrons. The van der Waals surface area contributed by atoms with Gasteiger partial charge < -0.3 is 14.7 Å². The van der Waals surface area contributed by atoms with Crippen molar-refractivity contribution in [3.63, 3.8) is 0 Å². The van der Waals surface area contributed by atoms with Crippen LogP contribution in [-0.2, 0) is 11.2 Å². The molecule has 0 aliphatic rings. The number of rotatable bonds is 7. The van der Waals surface area contributed by atoms with Gasteiger partial charge in [-0.15, -0.1) is 0 Å². The minimum Gasteiger partial charge on any atom is -0.496 e. The largest absolute Gasteiger partial charge is 0.496 e. The number of halogens is 1. The molecule has 1 rings (SSSR count). The van der Waals surface area contributed by atoms with E-state index in [2.05, 4.69) is 0 Å². The van der Waals surface area contributed by atoms with Crippen molar-refractivity contribution < 1.29 is 19.0 Å². The molecule has 1 unspecified atom stereocenters. The number of methoxy groups -OCH3 is 1. The predicted octanol–water partition coefficient (Wildman–Crippen LogP) is 2.17. The first-order valence-electron chi connectivity index (χ1n) is 6.18. The number of hydrogen-bond donors (Lipinski definition) is 1.